The fourth-order valence-electron chi connectivity index (χ4n) is 0.870. The highest BCUT2D eigenvalue weighted by Gasteiger charge is 2.13. The number of nitrogens with one attached hydrogen (secondary N) is 1. The van der Waals surface area contributed by atoms with E-state index in [1.165, 1.54) is 7.11 Å². The van der Waals surface area contributed by atoms with Crippen LogP contribution in [0.4, 0.5) is 0 Å². The number of amides is 1. The van der Waals surface area contributed by atoms with Gasteiger partial charge in [-0.3, -0.25) is 4.79 Å². The largest absolute Gasteiger partial charge is 0.370 e. The number of allylic oxidation sites excluding steroid dienone is 1. The Morgan fingerprint density at radius 1 is 1.69 bits per heavy atom. The average molecular weight is 186 g/mol. The maximum atomic E-state index is 11.2. The minimum atomic E-state index is -0.523. The summed E-state index contributed by atoms with van der Waals surface area (Å²) in [6, 6.07) is 0. The number of nitrogens with two attached hydrogens (primary N) is 1. The number of carbonyl (C=O) groups excluding carboxylic acids is 1. The van der Waals surface area contributed by atoms with Crippen molar-refractivity contribution < 1.29 is 9.53 Å². The molecule has 4 heteroatoms. The zero-order chi connectivity index (χ0) is 10.1. The van der Waals surface area contributed by atoms with Crippen LogP contribution in [0.2, 0.25) is 0 Å². The van der Waals surface area contributed by atoms with E-state index < -0.39 is 6.10 Å². The van der Waals surface area contributed by atoms with Gasteiger partial charge < -0.3 is 15.8 Å². The smallest absolute Gasteiger partial charge is 0.250 e. The normalized spacial score (nSPS) is 13.2. The van der Waals surface area contributed by atoms with E-state index in [9.17, 15) is 4.79 Å². The molecular weight excluding hydrogens is 168 g/mol. The molecule has 0 bridgehead atoms. The van der Waals surface area contributed by atoms with E-state index in [-0.39, 0.29) is 12.5 Å². The van der Waals surface area contributed by atoms with Gasteiger partial charge in [-0.25, -0.2) is 0 Å². The van der Waals surface area contributed by atoms with Crippen LogP contribution < -0.4 is 11.1 Å². The van der Waals surface area contributed by atoms with Gasteiger partial charge in [-0.05, 0) is 13.3 Å². The number of ether oxygens (including phenoxy) is 1. The summed E-state index contributed by atoms with van der Waals surface area (Å²) in [5.74, 6) is -0.144. The van der Waals surface area contributed by atoms with Crippen molar-refractivity contribution in [1.82, 2.24) is 5.32 Å². The van der Waals surface area contributed by atoms with Crippen LogP contribution in [0.15, 0.2) is 12.2 Å². The van der Waals surface area contributed by atoms with Crippen LogP contribution in [0.1, 0.15) is 13.3 Å². The second-order valence-electron chi connectivity index (χ2n) is 2.61. The van der Waals surface area contributed by atoms with Crippen LogP contribution in [0.3, 0.4) is 0 Å². The van der Waals surface area contributed by atoms with E-state index in [0.717, 1.165) is 6.42 Å². The molecule has 1 unspecified atom stereocenters. The minimum Gasteiger partial charge on any atom is -0.370 e. The molecule has 1 amide bonds. The molecule has 0 aliphatic carbocycles. The fourth-order valence-corrected chi connectivity index (χ4v) is 0.870. The van der Waals surface area contributed by atoms with Crippen LogP contribution >= 0.6 is 0 Å². The number of rotatable bonds is 6. The molecule has 4 nitrogen and oxygen atoms in total. The molecule has 0 aromatic rings. The quantitative estimate of drug-likeness (QED) is 0.455. The predicted octanol–water partition coefficient (Wildman–Crippen LogP) is 0.0425. The number of methoxy groups -OCH3 is 1. The SMILES string of the molecule is C/C=C/CCNC(=O)C(CN)OC. The Labute approximate surface area is 79.1 Å². The summed E-state index contributed by atoms with van der Waals surface area (Å²) >= 11 is 0. The lowest BCUT2D eigenvalue weighted by Crippen LogP contribution is -2.40. The van der Waals surface area contributed by atoms with Crippen molar-refractivity contribution in [3.05, 3.63) is 12.2 Å². The van der Waals surface area contributed by atoms with Crippen molar-refractivity contribution in [2.24, 2.45) is 5.73 Å². The Morgan fingerprint density at radius 2 is 2.38 bits per heavy atom. The highest BCUT2D eigenvalue weighted by atomic mass is 16.5. The summed E-state index contributed by atoms with van der Waals surface area (Å²) in [5, 5.41) is 2.72. The van der Waals surface area contributed by atoms with E-state index in [1.807, 2.05) is 19.1 Å². The lowest BCUT2D eigenvalue weighted by atomic mass is 10.3. The van der Waals surface area contributed by atoms with Crippen molar-refractivity contribution in [2.45, 2.75) is 19.4 Å². The van der Waals surface area contributed by atoms with Gasteiger partial charge >= 0.3 is 0 Å². The first kappa shape index (κ1) is 12.1. The van der Waals surface area contributed by atoms with Crippen molar-refractivity contribution >= 4 is 5.91 Å². The standard InChI is InChI=1S/C9H18N2O2/c1-3-4-5-6-11-9(12)8(7-10)13-2/h3-4,8H,5-7,10H2,1-2H3,(H,11,12)/b4-3+. The van der Waals surface area contributed by atoms with E-state index in [4.69, 9.17) is 10.5 Å². The molecule has 1 atom stereocenters. The molecular formula is C9H18N2O2. The lowest BCUT2D eigenvalue weighted by Gasteiger charge is -2.12. The summed E-state index contributed by atoms with van der Waals surface area (Å²) in [4.78, 5) is 11.2. The van der Waals surface area contributed by atoms with E-state index in [0.29, 0.717) is 6.54 Å². The third kappa shape index (κ3) is 5.38. The molecule has 0 spiro atoms. The molecule has 3 N–H and O–H groups in total. The first-order valence-corrected chi connectivity index (χ1v) is 4.38. The summed E-state index contributed by atoms with van der Waals surface area (Å²) < 4.78 is 4.86. The predicted molar refractivity (Wildman–Crippen MR) is 52.3 cm³/mol. The molecule has 0 aromatic carbocycles. The van der Waals surface area contributed by atoms with Crippen LogP contribution in [0.25, 0.3) is 0 Å². The van der Waals surface area contributed by atoms with Gasteiger partial charge in [0.2, 0.25) is 5.91 Å². The van der Waals surface area contributed by atoms with Gasteiger partial charge in [0.25, 0.3) is 0 Å². The van der Waals surface area contributed by atoms with Gasteiger partial charge in [-0.2, -0.15) is 0 Å². The van der Waals surface area contributed by atoms with E-state index >= 15 is 0 Å². The molecule has 76 valence electrons. The second kappa shape index (κ2) is 7.76. The molecule has 0 fully saturated rings. The molecule has 0 aliphatic heterocycles. The maximum Gasteiger partial charge on any atom is 0.250 e. The zero-order valence-corrected chi connectivity index (χ0v) is 8.25. The average Bonchev–Trinajstić information content (AvgIpc) is 2.14. The summed E-state index contributed by atoms with van der Waals surface area (Å²) in [6.45, 7) is 2.79. The van der Waals surface area contributed by atoms with Crippen LogP contribution in [0.5, 0.6) is 0 Å². The molecule has 0 saturated carbocycles. The number of hydrogen-bond acceptors (Lipinski definition) is 3. The zero-order valence-electron chi connectivity index (χ0n) is 8.25. The highest BCUT2D eigenvalue weighted by molar-refractivity contribution is 5.80. The Balaban J connectivity index is 3.60. The van der Waals surface area contributed by atoms with Crippen LogP contribution in [-0.2, 0) is 9.53 Å². The molecule has 0 radical (unpaired) electrons. The third-order valence-corrected chi connectivity index (χ3v) is 1.64. The van der Waals surface area contributed by atoms with Crippen molar-refractivity contribution in [3.63, 3.8) is 0 Å². The topological polar surface area (TPSA) is 64.4 Å². The first-order chi connectivity index (χ1) is 6.26. The Hall–Kier alpha value is -0.870. The molecule has 0 rings (SSSR count). The molecule has 0 aromatic heterocycles. The van der Waals surface area contributed by atoms with E-state index in [1.54, 1.807) is 0 Å². The third-order valence-electron chi connectivity index (χ3n) is 1.64. The number of carbonyl (C=O) groups is 1. The first-order valence-electron chi connectivity index (χ1n) is 4.38. The summed E-state index contributed by atoms with van der Waals surface area (Å²) in [7, 11) is 1.48. The number of hydrogen-bond donors (Lipinski definition) is 2. The second-order valence-corrected chi connectivity index (χ2v) is 2.61. The monoisotopic (exact) mass is 186 g/mol. The maximum absolute atomic E-state index is 11.2. The van der Waals surface area contributed by atoms with Crippen molar-refractivity contribution in [3.8, 4) is 0 Å². The molecule has 0 aliphatic rings. The highest BCUT2D eigenvalue weighted by Crippen LogP contribution is 1.87. The van der Waals surface area contributed by atoms with Gasteiger partial charge in [0.15, 0.2) is 0 Å². The van der Waals surface area contributed by atoms with Crippen molar-refractivity contribution in [1.29, 1.82) is 0 Å². The Morgan fingerprint density at radius 3 is 2.85 bits per heavy atom. The van der Waals surface area contributed by atoms with Gasteiger partial charge in [-0.1, -0.05) is 12.2 Å². The summed E-state index contributed by atoms with van der Waals surface area (Å²) in [6.07, 6.45) is 4.25. The summed E-state index contributed by atoms with van der Waals surface area (Å²) in [5.41, 5.74) is 5.31. The lowest BCUT2D eigenvalue weighted by molar-refractivity contribution is -0.130. The van der Waals surface area contributed by atoms with Gasteiger partial charge in [-0.15, -0.1) is 0 Å². The van der Waals surface area contributed by atoms with Crippen molar-refractivity contribution in [2.75, 3.05) is 20.2 Å². The minimum absolute atomic E-state index is 0.144. The van der Waals surface area contributed by atoms with Crippen LogP contribution in [-0.4, -0.2) is 32.2 Å². The van der Waals surface area contributed by atoms with Gasteiger partial charge in [0, 0.05) is 20.2 Å². The Bertz CT molecular complexity index is 165. The Kier molecular flexibility index (Phi) is 7.24. The van der Waals surface area contributed by atoms with Gasteiger partial charge in [0.05, 0.1) is 0 Å². The molecule has 0 saturated heterocycles. The van der Waals surface area contributed by atoms with Crippen LogP contribution in [0, 0.1) is 0 Å². The van der Waals surface area contributed by atoms with Gasteiger partial charge in [0.1, 0.15) is 6.10 Å². The fraction of sp³-hybridized carbons (Fsp3) is 0.667. The molecule has 13 heavy (non-hydrogen) atoms. The molecule has 0 heterocycles. The van der Waals surface area contributed by atoms with E-state index in [2.05, 4.69) is 5.32 Å².